The molecule has 17 heavy (non-hydrogen) atoms. The number of anilines is 1. The minimum atomic E-state index is -0.313. The van der Waals surface area contributed by atoms with Crippen molar-refractivity contribution >= 4 is 23.1 Å². The van der Waals surface area contributed by atoms with Crippen LogP contribution in [0.4, 0.5) is 5.69 Å². The van der Waals surface area contributed by atoms with Crippen LogP contribution in [0.25, 0.3) is 0 Å². The van der Waals surface area contributed by atoms with Crippen molar-refractivity contribution in [2.45, 2.75) is 13.5 Å². The SMILES string of the molecule is CCn1ncc(Cl)c1C(=O)c1ncccc1N. The van der Waals surface area contributed by atoms with E-state index in [-0.39, 0.29) is 11.5 Å². The third kappa shape index (κ3) is 2.01. The Morgan fingerprint density at radius 1 is 1.59 bits per heavy atom. The zero-order valence-corrected chi connectivity index (χ0v) is 9.98. The van der Waals surface area contributed by atoms with Gasteiger partial charge in [-0.15, -0.1) is 0 Å². The van der Waals surface area contributed by atoms with Gasteiger partial charge in [-0.3, -0.25) is 14.5 Å². The lowest BCUT2D eigenvalue weighted by Gasteiger charge is -2.05. The highest BCUT2D eigenvalue weighted by Crippen LogP contribution is 2.20. The Kier molecular flexibility index (Phi) is 3.10. The first-order chi connectivity index (χ1) is 8.15. The zero-order chi connectivity index (χ0) is 12.4. The van der Waals surface area contributed by atoms with Crippen molar-refractivity contribution in [3.8, 4) is 0 Å². The second kappa shape index (κ2) is 4.55. The van der Waals surface area contributed by atoms with E-state index in [9.17, 15) is 4.79 Å². The van der Waals surface area contributed by atoms with Crippen LogP contribution in [0.5, 0.6) is 0 Å². The number of rotatable bonds is 3. The van der Waals surface area contributed by atoms with Crippen LogP contribution in [0.2, 0.25) is 5.02 Å². The van der Waals surface area contributed by atoms with E-state index in [1.54, 1.807) is 12.1 Å². The van der Waals surface area contributed by atoms with E-state index in [1.807, 2.05) is 6.92 Å². The van der Waals surface area contributed by atoms with Crippen LogP contribution in [0.15, 0.2) is 24.5 Å². The Balaban J connectivity index is 2.51. The van der Waals surface area contributed by atoms with Gasteiger partial charge in [-0.05, 0) is 19.1 Å². The van der Waals surface area contributed by atoms with Crippen molar-refractivity contribution < 1.29 is 4.79 Å². The van der Waals surface area contributed by atoms with Crippen molar-refractivity contribution in [2.75, 3.05) is 5.73 Å². The monoisotopic (exact) mass is 250 g/mol. The quantitative estimate of drug-likeness (QED) is 0.843. The Hall–Kier alpha value is -1.88. The lowest BCUT2D eigenvalue weighted by atomic mass is 10.1. The van der Waals surface area contributed by atoms with E-state index >= 15 is 0 Å². The number of ketones is 1. The van der Waals surface area contributed by atoms with Crippen molar-refractivity contribution in [1.82, 2.24) is 14.8 Å². The van der Waals surface area contributed by atoms with Gasteiger partial charge < -0.3 is 5.73 Å². The van der Waals surface area contributed by atoms with Crippen LogP contribution in [0.1, 0.15) is 23.1 Å². The number of hydrogen-bond acceptors (Lipinski definition) is 4. The van der Waals surface area contributed by atoms with Crippen molar-refractivity contribution in [1.29, 1.82) is 0 Å². The number of nitrogens with two attached hydrogens (primary N) is 1. The van der Waals surface area contributed by atoms with Crippen LogP contribution in [-0.2, 0) is 6.54 Å². The van der Waals surface area contributed by atoms with Gasteiger partial charge >= 0.3 is 0 Å². The van der Waals surface area contributed by atoms with Crippen molar-refractivity contribution in [3.63, 3.8) is 0 Å². The average molecular weight is 251 g/mol. The molecule has 2 aromatic rings. The van der Waals surface area contributed by atoms with Gasteiger partial charge in [-0.25, -0.2) is 0 Å². The van der Waals surface area contributed by atoms with Crippen LogP contribution in [0, 0.1) is 0 Å². The van der Waals surface area contributed by atoms with Gasteiger partial charge in [0.1, 0.15) is 11.4 Å². The fourth-order valence-electron chi connectivity index (χ4n) is 1.55. The number of aromatic nitrogens is 3. The summed E-state index contributed by atoms with van der Waals surface area (Å²) in [7, 11) is 0. The standard InChI is InChI=1S/C11H11ClN4O/c1-2-16-10(7(12)6-15-16)11(17)9-8(13)4-3-5-14-9/h3-6H,2,13H2,1H3. The van der Waals surface area contributed by atoms with Crippen LogP contribution in [0.3, 0.4) is 0 Å². The maximum absolute atomic E-state index is 12.2. The summed E-state index contributed by atoms with van der Waals surface area (Å²) < 4.78 is 1.53. The van der Waals surface area contributed by atoms with Gasteiger partial charge in [0.15, 0.2) is 0 Å². The van der Waals surface area contributed by atoms with Gasteiger partial charge in [-0.1, -0.05) is 11.6 Å². The Bertz CT molecular complexity index is 564. The molecule has 0 saturated heterocycles. The van der Waals surface area contributed by atoms with Gasteiger partial charge in [0.2, 0.25) is 5.78 Å². The second-order valence-electron chi connectivity index (χ2n) is 3.43. The van der Waals surface area contributed by atoms with Crippen molar-refractivity contribution in [2.24, 2.45) is 0 Å². The number of halogens is 1. The molecular formula is C11H11ClN4O. The van der Waals surface area contributed by atoms with Crippen LogP contribution < -0.4 is 5.73 Å². The molecule has 0 aliphatic rings. The molecule has 88 valence electrons. The minimum absolute atomic E-state index is 0.199. The second-order valence-corrected chi connectivity index (χ2v) is 3.83. The number of nitrogen functional groups attached to an aromatic ring is 1. The molecule has 0 aliphatic heterocycles. The molecule has 2 rings (SSSR count). The third-order valence-corrected chi connectivity index (χ3v) is 2.64. The molecule has 0 fully saturated rings. The molecule has 5 nitrogen and oxygen atoms in total. The van der Waals surface area contributed by atoms with E-state index < -0.39 is 0 Å². The lowest BCUT2D eigenvalue weighted by Crippen LogP contribution is -2.14. The molecule has 2 N–H and O–H groups in total. The highest BCUT2D eigenvalue weighted by atomic mass is 35.5. The summed E-state index contributed by atoms with van der Waals surface area (Å²) >= 11 is 5.95. The Morgan fingerprint density at radius 2 is 2.35 bits per heavy atom. The maximum atomic E-state index is 12.2. The first kappa shape index (κ1) is 11.6. The number of hydrogen-bond donors (Lipinski definition) is 1. The van der Waals surface area contributed by atoms with E-state index in [1.165, 1.54) is 17.1 Å². The number of pyridine rings is 1. The topological polar surface area (TPSA) is 73.8 Å². The normalized spacial score (nSPS) is 10.5. The van der Waals surface area contributed by atoms with Gasteiger partial charge in [0, 0.05) is 12.7 Å². The van der Waals surface area contributed by atoms with E-state index in [0.717, 1.165) is 0 Å². The highest BCUT2D eigenvalue weighted by molar-refractivity contribution is 6.34. The fourth-order valence-corrected chi connectivity index (χ4v) is 1.77. The summed E-state index contributed by atoms with van der Waals surface area (Å²) in [5, 5.41) is 4.31. The average Bonchev–Trinajstić information content (AvgIpc) is 2.70. The predicted octanol–water partition coefficient (Wildman–Crippen LogP) is 1.76. The number of nitrogens with zero attached hydrogens (tertiary/aromatic N) is 3. The molecule has 2 heterocycles. The lowest BCUT2D eigenvalue weighted by molar-refractivity contribution is 0.102. The first-order valence-electron chi connectivity index (χ1n) is 5.11. The van der Waals surface area contributed by atoms with Crippen LogP contribution in [-0.4, -0.2) is 20.5 Å². The molecule has 0 amide bonds. The molecule has 0 bridgehead atoms. The third-order valence-electron chi connectivity index (χ3n) is 2.36. The van der Waals surface area contributed by atoms with E-state index in [4.69, 9.17) is 17.3 Å². The van der Waals surface area contributed by atoms with Gasteiger partial charge in [0.05, 0.1) is 16.9 Å². The predicted molar refractivity (Wildman–Crippen MR) is 65.0 cm³/mol. The molecular weight excluding hydrogens is 240 g/mol. The number of carbonyl (C=O) groups is 1. The fraction of sp³-hybridized carbons (Fsp3) is 0.182. The first-order valence-corrected chi connectivity index (χ1v) is 5.49. The summed E-state index contributed by atoms with van der Waals surface area (Å²) in [5.74, 6) is -0.313. The van der Waals surface area contributed by atoms with E-state index in [0.29, 0.717) is 22.9 Å². The van der Waals surface area contributed by atoms with E-state index in [2.05, 4.69) is 10.1 Å². The van der Waals surface area contributed by atoms with Crippen molar-refractivity contribution in [3.05, 3.63) is 40.9 Å². The summed E-state index contributed by atoms with van der Waals surface area (Å²) in [4.78, 5) is 16.2. The zero-order valence-electron chi connectivity index (χ0n) is 9.22. The summed E-state index contributed by atoms with van der Waals surface area (Å²) in [6, 6.07) is 3.30. The molecule has 0 radical (unpaired) electrons. The van der Waals surface area contributed by atoms with Crippen LogP contribution >= 0.6 is 11.6 Å². The smallest absolute Gasteiger partial charge is 0.232 e. The minimum Gasteiger partial charge on any atom is -0.397 e. The largest absolute Gasteiger partial charge is 0.397 e. The highest BCUT2D eigenvalue weighted by Gasteiger charge is 2.21. The summed E-state index contributed by atoms with van der Waals surface area (Å²) in [6.07, 6.45) is 2.96. The molecule has 0 atom stereocenters. The molecule has 0 aliphatic carbocycles. The van der Waals surface area contributed by atoms with Gasteiger partial charge in [-0.2, -0.15) is 5.10 Å². The molecule has 0 spiro atoms. The molecule has 0 aromatic carbocycles. The van der Waals surface area contributed by atoms with Gasteiger partial charge in [0.25, 0.3) is 0 Å². The Labute approximate surface area is 103 Å². The molecule has 2 aromatic heterocycles. The summed E-state index contributed by atoms with van der Waals surface area (Å²) in [6.45, 7) is 2.43. The summed E-state index contributed by atoms with van der Waals surface area (Å²) in [5.41, 5.74) is 6.56. The number of carbonyl (C=O) groups excluding carboxylic acids is 1. The molecule has 6 heteroatoms. The Morgan fingerprint density at radius 3 is 3.00 bits per heavy atom. The maximum Gasteiger partial charge on any atom is 0.232 e. The number of aryl methyl sites for hydroxylation is 1. The molecule has 0 saturated carbocycles. The molecule has 0 unspecified atom stereocenters.